The molecule has 0 bridgehead atoms. The highest BCUT2D eigenvalue weighted by Crippen LogP contribution is 2.37. The van der Waals surface area contributed by atoms with Crippen LogP contribution in [0, 0.1) is 17.0 Å². The molecule has 0 saturated heterocycles. The Balaban J connectivity index is 1.34. The third kappa shape index (κ3) is 5.27. The lowest BCUT2D eigenvalue weighted by atomic mass is 10.1. The number of carbonyl (C=O) groups excluding carboxylic acids is 2. The Hall–Kier alpha value is -4.39. The molecule has 13 heteroatoms. The van der Waals surface area contributed by atoms with Gasteiger partial charge >= 0.3 is 0 Å². The third-order valence-corrected chi connectivity index (χ3v) is 5.26. The number of carbonyl (C=O) groups is 2. The first-order valence-corrected chi connectivity index (χ1v) is 10.3. The summed E-state index contributed by atoms with van der Waals surface area (Å²) in [4.78, 5) is 35.1. The van der Waals surface area contributed by atoms with E-state index in [1.165, 1.54) is 12.1 Å². The lowest BCUT2D eigenvalue weighted by Gasteiger charge is -2.01. The number of aromatic nitrogens is 2. The number of nitrogens with one attached hydrogen (secondary N) is 2. The van der Waals surface area contributed by atoms with Gasteiger partial charge in [-0.1, -0.05) is 29.0 Å². The van der Waals surface area contributed by atoms with Gasteiger partial charge in [0.05, 0.1) is 29.2 Å². The molecule has 33 heavy (non-hydrogen) atoms. The number of fused-ring (bicyclic) bond motifs is 1. The lowest BCUT2D eigenvalue weighted by Crippen LogP contribution is -2.19. The second kappa shape index (κ2) is 9.40. The summed E-state index contributed by atoms with van der Waals surface area (Å²) in [5, 5.41) is 26.0. The first-order chi connectivity index (χ1) is 15.9. The largest absolute Gasteiger partial charge is 0.454 e. The maximum atomic E-state index is 12.2. The molecule has 0 spiro atoms. The average Bonchev–Trinajstić information content (AvgIpc) is 3.42. The maximum Gasteiger partial charge on any atom is 0.282 e. The van der Waals surface area contributed by atoms with Crippen molar-refractivity contribution in [2.75, 3.05) is 12.1 Å². The van der Waals surface area contributed by atoms with E-state index in [0.717, 1.165) is 23.1 Å². The van der Waals surface area contributed by atoms with Crippen molar-refractivity contribution in [1.82, 2.24) is 15.6 Å². The minimum absolute atomic E-state index is 0.0286. The van der Waals surface area contributed by atoms with Crippen LogP contribution < -0.4 is 20.2 Å². The van der Waals surface area contributed by atoms with Crippen molar-refractivity contribution in [3.8, 4) is 11.5 Å². The van der Waals surface area contributed by atoms with Crippen molar-refractivity contribution in [3.05, 3.63) is 68.2 Å². The molecule has 3 aromatic rings. The predicted molar refractivity (Wildman–Crippen MR) is 118 cm³/mol. The molecule has 0 fully saturated rings. The van der Waals surface area contributed by atoms with Gasteiger partial charge in [-0.3, -0.25) is 25.0 Å². The number of amides is 2. The van der Waals surface area contributed by atoms with Crippen LogP contribution in [0.1, 0.15) is 26.5 Å². The quantitative estimate of drug-likeness (QED) is 0.304. The molecule has 2 aromatic carbocycles. The summed E-state index contributed by atoms with van der Waals surface area (Å²) >= 11 is 1.05. The minimum Gasteiger partial charge on any atom is -0.454 e. The summed E-state index contributed by atoms with van der Waals surface area (Å²) in [6.07, 6.45) is 1.00. The molecule has 4 rings (SSSR count). The number of ether oxygens (including phenoxy) is 2. The molecular formula is C20H16N6O6S. The van der Waals surface area contributed by atoms with Gasteiger partial charge < -0.3 is 9.47 Å². The fourth-order valence-electron chi connectivity index (χ4n) is 2.81. The van der Waals surface area contributed by atoms with Gasteiger partial charge in [0, 0.05) is 5.56 Å². The topological polar surface area (TPSA) is 158 Å². The number of hydrazone groups is 1. The van der Waals surface area contributed by atoms with Crippen LogP contribution in [0.2, 0.25) is 0 Å². The van der Waals surface area contributed by atoms with Crippen LogP contribution in [0.15, 0.2) is 41.5 Å². The second-order valence-corrected chi connectivity index (χ2v) is 7.87. The smallest absolute Gasteiger partial charge is 0.282 e. The molecule has 2 N–H and O–H groups in total. The molecule has 0 saturated carbocycles. The minimum atomic E-state index is -0.585. The Morgan fingerprint density at radius 3 is 2.67 bits per heavy atom. The Bertz CT molecular complexity index is 1260. The van der Waals surface area contributed by atoms with E-state index in [2.05, 4.69) is 26.0 Å². The van der Waals surface area contributed by atoms with E-state index in [9.17, 15) is 19.7 Å². The highest BCUT2D eigenvalue weighted by molar-refractivity contribution is 7.15. The van der Waals surface area contributed by atoms with Crippen molar-refractivity contribution in [1.29, 1.82) is 0 Å². The van der Waals surface area contributed by atoms with Crippen molar-refractivity contribution < 1.29 is 24.0 Å². The van der Waals surface area contributed by atoms with Crippen LogP contribution in [-0.4, -0.2) is 39.9 Å². The molecule has 0 radical (unpaired) electrons. The molecule has 168 valence electrons. The number of anilines is 1. The van der Waals surface area contributed by atoms with E-state index in [0.29, 0.717) is 16.3 Å². The van der Waals surface area contributed by atoms with Crippen molar-refractivity contribution in [2.24, 2.45) is 5.10 Å². The SMILES string of the molecule is Cc1ccc(C(=O)Nc2nnc(CC(=O)N/N=C\c3cc4c(cc3[N+](=O)[O-])OCO4)s2)cc1. The fraction of sp³-hybridized carbons (Fsp3) is 0.150. The zero-order valence-electron chi connectivity index (χ0n) is 17.1. The molecule has 1 aromatic heterocycles. The van der Waals surface area contributed by atoms with Crippen LogP contribution in [0.5, 0.6) is 11.5 Å². The molecule has 0 aliphatic carbocycles. The molecule has 12 nitrogen and oxygen atoms in total. The van der Waals surface area contributed by atoms with E-state index in [1.54, 1.807) is 12.1 Å². The van der Waals surface area contributed by atoms with Gasteiger partial charge in [-0.05, 0) is 25.1 Å². The van der Waals surface area contributed by atoms with Gasteiger partial charge in [-0.2, -0.15) is 5.10 Å². The number of rotatable bonds is 7. The summed E-state index contributed by atoms with van der Waals surface area (Å²) < 4.78 is 10.3. The van der Waals surface area contributed by atoms with Crippen LogP contribution in [-0.2, 0) is 11.2 Å². The molecule has 0 atom stereocenters. The zero-order chi connectivity index (χ0) is 23.4. The number of nitro benzene ring substituents is 1. The van der Waals surface area contributed by atoms with Gasteiger partial charge in [-0.15, -0.1) is 10.2 Å². The summed E-state index contributed by atoms with van der Waals surface area (Å²) in [5.41, 5.74) is 3.69. The van der Waals surface area contributed by atoms with E-state index >= 15 is 0 Å². The molecule has 1 aliphatic rings. The van der Waals surface area contributed by atoms with E-state index in [-0.39, 0.29) is 41.3 Å². The first-order valence-electron chi connectivity index (χ1n) is 9.49. The number of nitrogens with zero attached hydrogens (tertiary/aromatic N) is 4. The molecular weight excluding hydrogens is 452 g/mol. The highest BCUT2D eigenvalue weighted by atomic mass is 32.1. The molecule has 0 unspecified atom stereocenters. The van der Waals surface area contributed by atoms with Gasteiger partial charge in [-0.25, -0.2) is 5.43 Å². The van der Waals surface area contributed by atoms with Crippen LogP contribution in [0.4, 0.5) is 10.8 Å². The standard InChI is InChI=1S/C20H16N6O6S/c1-11-2-4-12(5-3-11)19(28)22-20-25-24-18(33-20)8-17(27)23-21-9-13-6-15-16(32-10-31-15)7-14(13)26(29)30/h2-7,9H,8,10H2,1H3,(H,23,27)(H,22,25,28)/b21-9-. The van der Waals surface area contributed by atoms with E-state index in [1.807, 2.05) is 19.1 Å². The summed E-state index contributed by atoms with van der Waals surface area (Å²) in [6, 6.07) is 9.68. The van der Waals surface area contributed by atoms with E-state index < -0.39 is 10.8 Å². The molecule has 2 amide bonds. The van der Waals surface area contributed by atoms with Crippen LogP contribution in [0.25, 0.3) is 0 Å². The van der Waals surface area contributed by atoms with Gasteiger partial charge in [0.15, 0.2) is 11.5 Å². The average molecular weight is 468 g/mol. The monoisotopic (exact) mass is 468 g/mol. The lowest BCUT2D eigenvalue weighted by molar-refractivity contribution is -0.385. The van der Waals surface area contributed by atoms with Gasteiger partial charge in [0.25, 0.3) is 11.6 Å². The Kier molecular flexibility index (Phi) is 6.22. The predicted octanol–water partition coefficient (Wildman–Crippen LogP) is 2.43. The summed E-state index contributed by atoms with van der Waals surface area (Å²) in [6.45, 7) is 1.89. The fourth-order valence-corrected chi connectivity index (χ4v) is 3.54. The van der Waals surface area contributed by atoms with Crippen LogP contribution in [0.3, 0.4) is 0 Å². The number of nitro groups is 1. The van der Waals surface area contributed by atoms with Crippen molar-refractivity contribution in [3.63, 3.8) is 0 Å². The normalized spacial score (nSPS) is 12.0. The Morgan fingerprint density at radius 1 is 1.21 bits per heavy atom. The highest BCUT2D eigenvalue weighted by Gasteiger charge is 2.22. The van der Waals surface area contributed by atoms with Crippen molar-refractivity contribution in [2.45, 2.75) is 13.3 Å². The first kappa shape index (κ1) is 21.8. The molecule has 1 aliphatic heterocycles. The Morgan fingerprint density at radius 2 is 1.94 bits per heavy atom. The Labute approximate surface area is 190 Å². The summed E-state index contributed by atoms with van der Waals surface area (Å²) in [5.74, 6) is -0.230. The number of aryl methyl sites for hydroxylation is 1. The second-order valence-electron chi connectivity index (χ2n) is 6.81. The molecule has 2 heterocycles. The van der Waals surface area contributed by atoms with E-state index in [4.69, 9.17) is 9.47 Å². The van der Waals surface area contributed by atoms with Gasteiger partial charge in [0.2, 0.25) is 17.8 Å². The zero-order valence-corrected chi connectivity index (χ0v) is 17.9. The summed E-state index contributed by atoms with van der Waals surface area (Å²) in [7, 11) is 0. The van der Waals surface area contributed by atoms with Gasteiger partial charge in [0.1, 0.15) is 5.01 Å². The maximum absolute atomic E-state index is 12.2. The number of benzene rings is 2. The van der Waals surface area contributed by atoms with Crippen molar-refractivity contribution >= 4 is 40.2 Å². The number of hydrogen-bond acceptors (Lipinski definition) is 10. The van der Waals surface area contributed by atoms with Crippen LogP contribution >= 0.6 is 11.3 Å². The third-order valence-electron chi connectivity index (χ3n) is 4.42. The number of hydrogen-bond donors (Lipinski definition) is 2.